The van der Waals surface area contributed by atoms with E-state index in [4.69, 9.17) is 17.3 Å². The highest BCUT2D eigenvalue weighted by atomic mass is 35.5. The molecule has 16 heavy (non-hydrogen) atoms. The first-order valence-corrected chi connectivity index (χ1v) is 5.07. The minimum Gasteiger partial charge on any atom is -0.370 e. The van der Waals surface area contributed by atoms with Crippen LogP contribution in [-0.4, -0.2) is 22.8 Å². The standard InChI is InChI=1S/C10H12ClN3O2/c1-6(4-9(12)15)14-10(16)7-2-3-13-5-8(7)11/h2-3,5-6H,4H2,1H3,(H2,12,15)(H,14,16). The summed E-state index contributed by atoms with van der Waals surface area (Å²) in [5, 5.41) is 2.89. The van der Waals surface area contributed by atoms with Crippen molar-refractivity contribution in [1.82, 2.24) is 10.3 Å². The van der Waals surface area contributed by atoms with Crippen LogP contribution in [0.15, 0.2) is 18.5 Å². The highest BCUT2D eigenvalue weighted by Gasteiger charge is 2.13. The van der Waals surface area contributed by atoms with E-state index in [1.807, 2.05) is 0 Å². The van der Waals surface area contributed by atoms with E-state index in [0.717, 1.165) is 0 Å². The Hall–Kier alpha value is -1.62. The van der Waals surface area contributed by atoms with E-state index >= 15 is 0 Å². The highest BCUT2D eigenvalue weighted by Crippen LogP contribution is 2.13. The lowest BCUT2D eigenvalue weighted by Crippen LogP contribution is -2.35. The summed E-state index contributed by atoms with van der Waals surface area (Å²) in [5.74, 6) is -0.810. The fraction of sp³-hybridized carbons (Fsp3) is 0.300. The molecule has 0 saturated heterocycles. The van der Waals surface area contributed by atoms with Gasteiger partial charge in [0.2, 0.25) is 5.91 Å². The Bertz CT molecular complexity index is 409. The molecule has 0 aliphatic carbocycles. The minimum atomic E-state index is -0.464. The van der Waals surface area contributed by atoms with Gasteiger partial charge in [0.05, 0.1) is 10.6 Å². The molecule has 1 aromatic heterocycles. The molecule has 0 aliphatic rings. The van der Waals surface area contributed by atoms with E-state index < -0.39 is 5.91 Å². The van der Waals surface area contributed by atoms with E-state index in [1.54, 1.807) is 6.92 Å². The van der Waals surface area contributed by atoms with Crippen molar-refractivity contribution in [3.63, 3.8) is 0 Å². The smallest absolute Gasteiger partial charge is 0.253 e. The van der Waals surface area contributed by atoms with Crippen LogP contribution in [0.4, 0.5) is 0 Å². The summed E-state index contributed by atoms with van der Waals surface area (Å²) >= 11 is 5.79. The van der Waals surface area contributed by atoms with Crippen molar-refractivity contribution in [3.8, 4) is 0 Å². The predicted octanol–water partition coefficient (Wildman–Crippen LogP) is 0.729. The number of carbonyl (C=O) groups is 2. The van der Waals surface area contributed by atoms with Crippen LogP contribution in [0.5, 0.6) is 0 Å². The number of nitrogens with zero attached hydrogens (tertiary/aromatic N) is 1. The van der Waals surface area contributed by atoms with Crippen LogP contribution in [0, 0.1) is 0 Å². The van der Waals surface area contributed by atoms with Gasteiger partial charge in [-0.25, -0.2) is 0 Å². The molecule has 1 aromatic rings. The fourth-order valence-electron chi connectivity index (χ4n) is 1.21. The van der Waals surface area contributed by atoms with Crippen molar-refractivity contribution in [1.29, 1.82) is 0 Å². The second kappa shape index (κ2) is 5.46. The van der Waals surface area contributed by atoms with Crippen LogP contribution in [0.2, 0.25) is 5.02 Å². The number of carbonyl (C=O) groups excluding carboxylic acids is 2. The van der Waals surface area contributed by atoms with Gasteiger partial charge in [-0.1, -0.05) is 11.6 Å². The SMILES string of the molecule is CC(CC(N)=O)NC(=O)c1ccncc1Cl. The van der Waals surface area contributed by atoms with Gasteiger partial charge in [0, 0.05) is 24.9 Å². The molecule has 2 amide bonds. The molecule has 0 spiro atoms. The summed E-state index contributed by atoms with van der Waals surface area (Å²) in [7, 11) is 0. The Labute approximate surface area is 98.0 Å². The zero-order valence-corrected chi connectivity index (χ0v) is 9.49. The van der Waals surface area contributed by atoms with Gasteiger partial charge < -0.3 is 11.1 Å². The van der Waals surface area contributed by atoms with Crippen LogP contribution in [0.25, 0.3) is 0 Å². The lowest BCUT2D eigenvalue weighted by atomic mass is 10.2. The first-order valence-electron chi connectivity index (χ1n) is 4.69. The van der Waals surface area contributed by atoms with Gasteiger partial charge in [-0.05, 0) is 13.0 Å². The van der Waals surface area contributed by atoms with Crippen molar-refractivity contribution in [2.45, 2.75) is 19.4 Å². The normalized spacial score (nSPS) is 11.9. The third kappa shape index (κ3) is 3.51. The van der Waals surface area contributed by atoms with Crippen LogP contribution in [0.3, 0.4) is 0 Å². The molecule has 1 rings (SSSR count). The molecule has 86 valence electrons. The quantitative estimate of drug-likeness (QED) is 0.815. The van der Waals surface area contributed by atoms with Crippen LogP contribution in [-0.2, 0) is 4.79 Å². The van der Waals surface area contributed by atoms with E-state index in [0.29, 0.717) is 5.56 Å². The second-order valence-corrected chi connectivity index (χ2v) is 3.81. The maximum absolute atomic E-state index is 11.7. The molecule has 5 nitrogen and oxygen atoms in total. The molecule has 6 heteroatoms. The van der Waals surface area contributed by atoms with E-state index in [9.17, 15) is 9.59 Å². The van der Waals surface area contributed by atoms with Crippen molar-refractivity contribution in [2.24, 2.45) is 5.73 Å². The number of amides is 2. The number of halogens is 1. The Morgan fingerprint density at radius 2 is 2.31 bits per heavy atom. The molecule has 1 atom stereocenters. The van der Waals surface area contributed by atoms with E-state index in [1.165, 1.54) is 18.5 Å². The van der Waals surface area contributed by atoms with Gasteiger partial charge in [-0.15, -0.1) is 0 Å². The lowest BCUT2D eigenvalue weighted by molar-refractivity contribution is -0.118. The summed E-state index contributed by atoms with van der Waals surface area (Å²) < 4.78 is 0. The first-order chi connectivity index (χ1) is 7.50. The summed E-state index contributed by atoms with van der Waals surface area (Å²) in [6.45, 7) is 1.69. The van der Waals surface area contributed by atoms with Crippen molar-refractivity contribution in [3.05, 3.63) is 29.0 Å². The van der Waals surface area contributed by atoms with Gasteiger partial charge in [-0.3, -0.25) is 14.6 Å². The summed E-state index contributed by atoms with van der Waals surface area (Å²) in [6.07, 6.45) is 2.95. The average molecular weight is 242 g/mol. The first kappa shape index (κ1) is 12.4. The average Bonchev–Trinajstić information content (AvgIpc) is 2.16. The van der Waals surface area contributed by atoms with Gasteiger partial charge in [-0.2, -0.15) is 0 Å². The molecule has 1 heterocycles. The largest absolute Gasteiger partial charge is 0.370 e. The summed E-state index contributed by atoms with van der Waals surface area (Å²) in [4.78, 5) is 26.1. The Kier molecular flexibility index (Phi) is 4.25. The molecule has 0 saturated carbocycles. The van der Waals surface area contributed by atoms with E-state index in [2.05, 4.69) is 10.3 Å². The number of nitrogens with two attached hydrogens (primary N) is 1. The zero-order chi connectivity index (χ0) is 12.1. The van der Waals surface area contributed by atoms with Gasteiger partial charge >= 0.3 is 0 Å². The second-order valence-electron chi connectivity index (χ2n) is 3.40. The predicted molar refractivity (Wildman–Crippen MR) is 60.0 cm³/mol. The Balaban J connectivity index is 2.66. The third-order valence-electron chi connectivity index (χ3n) is 1.90. The van der Waals surface area contributed by atoms with Crippen LogP contribution in [0.1, 0.15) is 23.7 Å². The van der Waals surface area contributed by atoms with Crippen LogP contribution < -0.4 is 11.1 Å². The third-order valence-corrected chi connectivity index (χ3v) is 2.20. The van der Waals surface area contributed by atoms with Gasteiger partial charge in [0.25, 0.3) is 5.91 Å². The Morgan fingerprint density at radius 3 is 2.88 bits per heavy atom. The lowest BCUT2D eigenvalue weighted by Gasteiger charge is -2.12. The number of hydrogen-bond acceptors (Lipinski definition) is 3. The number of rotatable bonds is 4. The molecule has 0 aliphatic heterocycles. The Morgan fingerprint density at radius 1 is 1.62 bits per heavy atom. The molecular formula is C10H12ClN3O2. The molecule has 3 N–H and O–H groups in total. The molecule has 0 radical (unpaired) electrons. The van der Waals surface area contributed by atoms with Crippen molar-refractivity contribution in [2.75, 3.05) is 0 Å². The molecule has 1 unspecified atom stereocenters. The number of hydrogen-bond donors (Lipinski definition) is 2. The monoisotopic (exact) mass is 241 g/mol. The van der Waals surface area contributed by atoms with Gasteiger partial charge in [0.15, 0.2) is 0 Å². The van der Waals surface area contributed by atoms with Crippen molar-refractivity contribution >= 4 is 23.4 Å². The summed E-state index contributed by atoms with van der Waals surface area (Å²) in [5.41, 5.74) is 5.34. The van der Waals surface area contributed by atoms with E-state index in [-0.39, 0.29) is 23.4 Å². The van der Waals surface area contributed by atoms with Crippen LogP contribution >= 0.6 is 11.6 Å². The highest BCUT2D eigenvalue weighted by molar-refractivity contribution is 6.33. The maximum Gasteiger partial charge on any atom is 0.253 e. The minimum absolute atomic E-state index is 0.0917. The summed E-state index contributed by atoms with van der Waals surface area (Å²) in [6, 6.07) is 1.18. The molecule has 0 bridgehead atoms. The van der Waals surface area contributed by atoms with Gasteiger partial charge in [0.1, 0.15) is 0 Å². The maximum atomic E-state index is 11.7. The fourth-order valence-corrected chi connectivity index (χ4v) is 1.42. The number of nitrogens with one attached hydrogen (secondary N) is 1. The molecule has 0 aromatic carbocycles. The number of primary amides is 1. The topological polar surface area (TPSA) is 85.1 Å². The number of pyridine rings is 1. The molecular weight excluding hydrogens is 230 g/mol. The number of aromatic nitrogens is 1. The molecule has 0 fully saturated rings. The zero-order valence-electron chi connectivity index (χ0n) is 8.74. The van der Waals surface area contributed by atoms with Crippen molar-refractivity contribution < 1.29 is 9.59 Å².